The lowest BCUT2D eigenvalue weighted by molar-refractivity contribution is -0.108. The summed E-state index contributed by atoms with van der Waals surface area (Å²) in [6.07, 6.45) is 7.50. The molecule has 5 N–H and O–H groups in total. The Kier molecular flexibility index (Phi) is 14.5. The van der Waals surface area contributed by atoms with Crippen molar-refractivity contribution in [3.05, 3.63) is 112 Å². The number of piperazine rings is 1. The van der Waals surface area contributed by atoms with Crippen molar-refractivity contribution in [2.75, 3.05) is 62.7 Å². The van der Waals surface area contributed by atoms with Crippen LogP contribution in [0, 0.1) is 5.41 Å². The van der Waals surface area contributed by atoms with Gasteiger partial charge in [-0.1, -0.05) is 43.2 Å². The van der Waals surface area contributed by atoms with Crippen LogP contribution in [0.1, 0.15) is 80.3 Å². The van der Waals surface area contributed by atoms with Crippen molar-refractivity contribution in [2.45, 2.75) is 81.8 Å². The Balaban J connectivity index is 1.01. The van der Waals surface area contributed by atoms with E-state index in [1.807, 2.05) is 24.3 Å². The molecule has 2 saturated heterocycles. The molecular formula is C50H59ClN6O8S. The zero-order valence-corrected chi connectivity index (χ0v) is 39.1. The number of aromatic amines is 1. The van der Waals surface area contributed by atoms with E-state index in [1.54, 1.807) is 36.7 Å². The number of hydrogen-bond acceptors (Lipinski definition) is 12. The second kappa shape index (κ2) is 20.3. The van der Waals surface area contributed by atoms with Crippen molar-refractivity contribution >= 4 is 61.8 Å². The maximum Gasteiger partial charge on any atom is 0.268 e. The van der Waals surface area contributed by atoms with Crippen molar-refractivity contribution < 1.29 is 37.7 Å². The molecular weight excluding hydrogens is 880 g/mol. The Bertz CT molecular complexity index is 2670. The van der Waals surface area contributed by atoms with Crippen LogP contribution in [0.2, 0.25) is 5.02 Å². The number of aliphatic hydroxyl groups is 2. The number of amides is 1. The monoisotopic (exact) mass is 938 g/mol. The molecule has 0 bridgehead atoms. The van der Waals surface area contributed by atoms with Gasteiger partial charge in [0.15, 0.2) is 0 Å². The number of ether oxygens (including phenoxy) is 2. The highest BCUT2D eigenvalue weighted by Crippen LogP contribution is 2.43. The van der Waals surface area contributed by atoms with Crippen molar-refractivity contribution in [3.63, 3.8) is 0 Å². The van der Waals surface area contributed by atoms with Gasteiger partial charge in [0.25, 0.3) is 15.9 Å². The molecule has 1 amide bonds. The van der Waals surface area contributed by atoms with Gasteiger partial charge in [0.1, 0.15) is 23.4 Å². The third-order valence-electron chi connectivity index (χ3n) is 13.1. The average molecular weight is 940 g/mol. The predicted molar refractivity (Wildman–Crippen MR) is 257 cm³/mol. The molecule has 16 heteroatoms. The molecule has 14 nitrogen and oxygen atoms in total. The number of H-pyrrole nitrogens is 1. The summed E-state index contributed by atoms with van der Waals surface area (Å²) in [6, 6.07) is 21.3. The van der Waals surface area contributed by atoms with E-state index in [9.17, 15) is 28.2 Å². The van der Waals surface area contributed by atoms with Gasteiger partial charge in [0.2, 0.25) is 0 Å². The molecule has 2 aliphatic heterocycles. The minimum Gasteiger partial charge on any atom is -0.455 e. The zero-order valence-electron chi connectivity index (χ0n) is 37.5. The van der Waals surface area contributed by atoms with E-state index in [-0.39, 0.29) is 47.4 Å². The number of halogens is 1. The molecule has 1 unspecified atom stereocenters. The number of carbonyl (C=O) groups is 2. The third kappa shape index (κ3) is 11.6. The molecule has 5 aromatic rings. The van der Waals surface area contributed by atoms with Crippen LogP contribution in [0.15, 0.2) is 95.7 Å². The highest BCUT2D eigenvalue weighted by atomic mass is 35.5. The minimum atomic E-state index is -4.47. The molecule has 4 heterocycles. The molecule has 350 valence electrons. The van der Waals surface area contributed by atoms with Gasteiger partial charge in [-0.2, -0.15) is 0 Å². The SMILES string of the molecule is CC1(C)CCC(CN2CCN(c3ccc(C(=O)NS(=O)(=O)c4ccc(NCC5(O)CCOCC5)c(CC(O)CCC=O)c4)c(Oc4cnc5[nH]ccc5c4)c3)CC2)=C(c2ccc(Cl)cc2)C1. The van der Waals surface area contributed by atoms with Crippen molar-refractivity contribution in [3.8, 4) is 11.5 Å². The topological polar surface area (TPSA) is 186 Å². The number of aldehydes is 1. The number of hydrogen-bond donors (Lipinski definition) is 5. The van der Waals surface area contributed by atoms with Gasteiger partial charge in [-0.3, -0.25) is 9.69 Å². The van der Waals surface area contributed by atoms with Crippen LogP contribution in [0.3, 0.4) is 0 Å². The summed E-state index contributed by atoms with van der Waals surface area (Å²) in [5, 5.41) is 26.6. The first kappa shape index (κ1) is 47.2. The fraction of sp³-hybridized carbons (Fsp3) is 0.420. The van der Waals surface area contributed by atoms with Crippen LogP contribution in [-0.2, 0) is 26.0 Å². The quantitative estimate of drug-likeness (QED) is 0.0572. The van der Waals surface area contributed by atoms with Gasteiger partial charge < -0.3 is 39.7 Å². The average Bonchev–Trinajstić information content (AvgIpc) is 3.77. The molecule has 2 aromatic heterocycles. The Morgan fingerprint density at radius 2 is 1.79 bits per heavy atom. The second-order valence-electron chi connectivity index (χ2n) is 18.6. The van der Waals surface area contributed by atoms with Crippen LogP contribution in [0.25, 0.3) is 16.6 Å². The predicted octanol–water partition coefficient (Wildman–Crippen LogP) is 7.75. The lowest BCUT2D eigenvalue weighted by atomic mass is 9.72. The first-order valence-corrected chi connectivity index (χ1v) is 24.6. The number of fused-ring (bicyclic) bond motifs is 1. The van der Waals surface area contributed by atoms with Crippen LogP contribution < -0.4 is 19.7 Å². The number of aliphatic hydroxyl groups excluding tert-OH is 1. The maximum atomic E-state index is 14.1. The zero-order chi connectivity index (χ0) is 46.5. The lowest BCUT2D eigenvalue weighted by Crippen LogP contribution is -2.47. The lowest BCUT2D eigenvalue weighted by Gasteiger charge is -2.39. The molecule has 0 spiro atoms. The van der Waals surface area contributed by atoms with E-state index in [0.29, 0.717) is 48.7 Å². The number of nitrogens with zero attached hydrogens (tertiary/aromatic N) is 3. The molecule has 8 rings (SSSR count). The van der Waals surface area contributed by atoms with Crippen molar-refractivity contribution in [2.24, 2.45) is 5.41 Å². The van der Waals surface area contributed by atoms with Gasteiger partial charge >= 0.3 is 0 Å². The van der Waals surface area contributed by atoms with Crippen LogP contribution in [0.4, 0.5) is 11.4 Å². The Hall–Kier alpha value is -5.29. The molecule has 2 fully saturated rings. The van der Waals surface area contributed by atoms with Gasteiger partial charge in [-0.25, -0.2) is 18.1 Å². The van der Waals surface area contributed by atoms with E-state index in [1.165, 1.54) is 28.8 Å². The fourth-order valence-corrected chi connectivity index (χ4v) is 10.2. The van der Waals surface area contributed by atoms with Crippen molar-refractivity contribution in [1.29, 1.82) is 0 Å². The van der Waals surface area contributed by atoms with Gasteiger partial charge in [0.05, 0.1) is 28.4 Å². The highest BCUT2D eigenvalue weighted by Gasteiger charge is 2.32. The van der Waals surface area contributed by atoms with Gasteiger partial charge in [-0.05, 0) is 102 Å². The third-order valence-corrected chi connectivity index (χ3v) is 14.6. The Morgan fingerprint density at radius 3 is 2.55 bits per heavy atom. The first-order chi connectivity index (χ1) is 31.7. The van der Waals surface area contributed by atoms with E-state index in [4.69, 9.17) is 21.1 Å². The van der Waals surface area contributed by atoms with Crippen LogP contribution >= 0.6 is 11.6 Å². The summed E-state index contributed by atoms with van der Waals surface area (Å²) in [7, 11) is -4.47. The number of allylic oxidation sites excluding steroid dienone is 1. The normalized spacial score (nSPS) is 18.2. The number of sulfonamides is 1. The largest absolute Gasteiger partial charge is 0.455 e. The number of carbonyl (C=O) groups excluding carboxylic acids is 2. The number of aromatic nitrogens is 2. The van der Waals surface area contributed by atoms with E-state index < -0.39 is 27.6 Å². The molecule has 3 aromatic carbocycles. The van der Waals surface area contributed by atoms with Crippen molar-refractivity contribution in [1.82, 2.24) is 19.6 Å². The number of pyridine rings is 1. The standard InChI is InChI=1S/C50H59ClN6O8S/c1-49(2)15-13-36(44(30-49)34-5-7-38(51)8-6-34)32-56-19-21-57(22-20-56)39-9-11-43(46(29-39)65-41-27-35-14-18-52-47(35)53-31-41)48(60)55-66(62,63)42-10-12-45(37(28-42)26-40(59)4-3-23-58)54-33-50(61)16-24-64-25-17-50/h5-12,14,18,23,27-29,31,40,54,59,61H,3-4,13,15-17,19-22,24-26,30,32-33H2,1-2H3,(H,52,53)(H,55,60). The summed E-state index contributed by atoms with van der Waals surface area (Å²) in [5.41, 5.74) is 5.78. The smallest absolute Gasteiger partial charge is 0.268 e. The van der Waals surface area contributed by atoms with E-state index in [0.717, 1.165) is 74.4 Å². The maximum absolute atomic E-state index is 14.1. The van der Waals surface area contributed by atoms with Crippen LogP contribution in [0.5, 0.6) is 11.5 Å². The number of benzene rings is 3. The molecule has 3 aliphatic rings. The summed E-state index contributed by atoms with van der Waals surface area (Å²) in [5.74, 6) is -0.367. The molecule has 0 saturated carbocycles. The van der Waals surface area contributed by atoms with Gasteiger partial charge in [-0.15, -0.1) is 0 Å². The summed E-state index contributed by atoms with van der Waals surface area (Å²) < 4.78 is 42.1. The van der Waals surface area contributed by atoms with Crippen LogP contribution in [-0.4, -0.2) is 110 Å². The molecule has 66 heavy (non-hydrogen) atoms. The number of anilines is 2. The van der Waals surface area contributed by atoms with E-state index in [2.05, 4.69) is 55.8 Å². The summed E-state index contributed by atoms with van der Waals surface area (Å²) >= 11 is 6.26. The number of rotatable bonds is 17. The second-order valence-corrected chi connectivity index (χ2v) is 20.7. The Labute approximate surface area is 391 Å². The first-order valence-electron chi connectivity index (χ1n) is 22.7. The fourth-order valence-electron chi connectivity index (χ4n) is 9.10. The molecule has 1 aliphatic carbocycles. The molecule has 0 radical (unpaired) electrons. The highest BCUT2D eigenvalue weighted by molar-refractivity contribution is 7.90. The molecule has 1 atom stereocenters. The summed E-state index contributed by atoms with van der Waals surface area (Å²) in [4.78, 5) is 37.2. The summed E-state index contributed by atoms with van der Waals surface area (Å²) in [6.45, 7) is 9.70. The van der Waals surface area contributed by atoms with E-state index >= 15 is 0 Å². The number of nitrogens with one attached hydrogen (secondary N) is 3. The minimum absolute atomic E-state index is 0.00418. The Morgan fingerprint density at radius 1 is 1.02 bits per heavy atom. The van der Waals surface area contributed by atoms with Gasteiger partial charge in [0, 0.05) is 112 Å².